The molecule has 0 bridgehead atoms. The third-order valence-corrected chi connectivity index (χ3v) is 5.41. The van der Waals surface area contributed by atoms with Crippen LogP contribution in [0.5, 0.6) is 0 Å². The minimum absolute atomic E-state index is 0.0213. The summed E-state index contributed by atoms with van der Waals surface area (Å²) in [6.45, 7) is 6.12. The summed E-state index contributed by atoms with van der Waals surface area (Å²) < 4.78 is 14.4. The highest BCUT2D eigenvalue weighted by atomic mass is 35.5. The molecule has 1 aromatic heterocycles. The summed E-state index contributed by atoms with van der Waals surface area (Å²) in [7, 11) is 0. The Labute approximate surface area is 186 Å². The molecule has 0 saturated carbocycles. The van der Waals surface area contributed by atoms with E-state index < -0.39 is 5.82 Å². The lowest BCUT2D eigenvalue weighted by Crippen LogP contribution is -2.10. The van der Waals surface area contributed by atoms with Crippen molar-refractivity contribution in [2.75, 3.05) is 10.6 Å². The molecule has 7 heteroatoms. The fraction of sp³-hybridized carbons (Fsp3) is 0.292. The van der Waals surface area contributed by atoms with Crippen LogP contribution in [-0.2, 0) is 4.79 Å². The van der Waals surface area contributed by atoms with E-state index in [1.54, 1.807) is 30.3 Å². The molecular weight excluding hydrogens is 415 g/mol. The van der Waals surface area contributed by atoms with Gasteiger partial charge in [-0.2, -0.15) is 0 Å². The second-order valence-electron chi connectivity index (χ2n) is 7.55. The van der Waals surface area contributed by atoms with Gasteiger partial charge >= 0.3 is 0 Å². The normalized spacial score (nSPS) is 12.3. The van der Waals surface area contributed by atoms with Crippen LogP contribution in [0.1, 0.15) is 38.7 Å². The van der Waals surface area contributed by atoms with Crippen LogP contribution in [0.2, 0.25) is 5.02 Å². The van der Waals surface area contributed by atoms with E-state index in [9.17, 15) is 9.18 Å². The van der Waals surface area contributed by atoms with Crippen LogP contribution in [0.4, 0.5) is 21.6 Å². The molecule has 0 unspecified atom stereocenters. The maximum atomic E-state index is 14.4. The van der Waals surface area contributed by atoms with Crippen molar-refractivity contribution >= 4 is 45.6 Å². The third-order valence-electron chi connectivity index (χ3n) is 5.12. The summed E-state index contributed by atoms with van der Waals surface area (Å²) in [4.78, 5) is 21.0. The van der Waals surface area contributed by atoms with Gasteiger partial charge in [0.05, 0.1) is 16.2 Å². The van der Waals surface area contributed by atoms with Crippen LogP contribution < -0.4 is 10.6 Å². The van der Waals surface area contributed by atoms with Crippen molar-refractivity contribution in [3.05, 3.63) is 65.2 Å². The molecule has 5 nitrogen and oxygen atoms in total. The molecular formula is C24H26ClFN4O. The molecule has 162 valence electrons. The number of fused-ring (bicyclic) bond motifs is 1. The number of rotatable bonds is 8. The first-order valence-corrected chi connectivity index (χ1v) is 10.7. The van der Waals surface area contributed by atoms with Crippen LogP contribution in [0, 0.1) is 18.7 Å². The van der Waals surface area contributed by atoms with Crippen molar-refractivity contribution in [3.63, 3.8) is 0 Å². The lowest BCUT2D eigenvalue weighted by atomic mass is 10.0. The molecule has 2 aromatic carbocycles. The molecule has 1 amide bonds. The topological polar surface area (TPSA) is 66.9 Å². The number of aryl methyl sites for hydroxylation is 1. The highest BCUT2D eigenvalue weighted by Gasteiger charge is 2.14. The molecule has 3 aromatic rings. The molecule has 0 spiro atoms. The van der Waals surface area contributed by atoms with Crippen molar-refractivity contribution in [3.8, 4) is 0 Å². The predicted octanol–water partition coefficient (Wildman–Crippen LogP) is 6.80. The van der Waals surface area contributed by atoms with Gasteiger partial charge in [-0.25, -0.2) is 14.4 Å². The second kappa shape index (κ2) is 10.4. The lowest BCUT2D eigenvalue weighted by Gasteiger charge is -2.14. The van der Waals surface area contributed by atoms with Gasteiger partial charge in [0, 0.05) is 11.1 Å². The number of allylic oxidation sites excluding steroid dienone is 1. The minimum Gasteiger partial charge on any atom is -0.337 e. The lowest BCUT2D eigenvalue weighted by molar-refractivity contribution is -0.111. The summed E-state index contributed by atoms with van der Waals surface area (Å²) in [6, 6.07) is 8.33. The van der Waals surface area contributed by atoms with E-state index in [0.29, 0.717) is 28.3 Å². The first-order valence-electron chi connectivity index (χ1n) is 10.3. The van der Waals surface area contributed by atoms with E-state index in [2.05, 4.69) is 34.4 Å². The number of halogens is 2. The Balaban J connectivity index is 1.87. The molecule has 0 fully saturated rings. The van der Waals surface area contributed by atoms with Crippen LogP contribution in [-0.4, -0.2) is 15.9 Å². The molecule has 0 saturated heterocycles. The van der Waals surface area contributed by atoms with Gasteiger partial charge in [0.25, 0.3) is 0 Å². The number of hydrogen-bond acceptors (Lipinski definition) is 4. The number of nitrogens with one attached hydrogen (secondary N) is 2. The molecule has 2 N–H and O–H groups in total. The highest BCUT2D eigenvalue weighted by molar-refractivity contribution is 6.31. The zero-order chi connectivity index (χ0) is 22.4. The molecule has 0 radical (unpaired) electrons. The smallest absolute Gasteiger partial charge is 0.248 e. The van der Waals surface area contributed by atoms with E-state index in [0.717, 1.165) is 24.8 Å². The van der Waals surface area contributed by atoms with Crippen LogP contribution >= 0.6 is 11.6 Å². The van der Waals surface area contributed by atoms with E-state index >= 15 is 0 Å². The van der Waals surface area contributed by atoms with Gasteiger partial charge in [-0.15, -0.1) is 0 Å². The van der Waals surface area contributed by atoms with Crippen molar-refractivity contribution in [2.45, 2.75) is 40.0 Å². The number of nitrogens with zero attached hydrogens (tertiary/aromatic N) is 2. The van der Waals surface area contributed by atoms with E-state index in [4.69, 9.17) is 11.6 Å². The Morgan fingerprint density at radius 2 is 2.03 bits per heavy atom. The average Bonchev–Trinajstić information content (AvgIpc) is 2.76. The van der Waals surface area contributed by atoms with Crippen LogP contribution in [0.3, 0.4) is 0 Å². The van der Waals surface area contributed by atoms with E-state index in [-0.39, 0.29) is 16.6 Å². The number of hydrogen-bond donors (Lipinski definition) is 2. The summed E-state index contributed by atoms with van der Waals surface area (Å²) in [5.74, 6) is 0.0297. The molecule has 0 aliphatic heterocycles. The summed E-state index contributed by atoms with van der Waals surface area (Å²) >= 11 is 5.89. The number of amides is 1. The van der Waals surface area contributed by atoms with Crippen LogP contribution in [0.25, 0.3) is 10.9 Å². The van der Waals surface area contributed by atoms with Crippen molar-refractivity contribution in [2.24, 2.45) is 5.92 Å². The Morgan fingerprint density at radius 1 is 1.23 bits per heavy atom. The quantitative estimate of drug-likeness (QED) is 0.378. The Hall–Kier alpha value is -2.99. The van der Waals surface area contributed by atoms with Gasteiger partial charge in [0.2, 0.25) is 5.91 Å². The molecule has 1 heterocycles. The standard InChI is InChI=1S/C24H26ClFN4O/c1-4-5-7-15(2)10-13-21(31)29-18-11-12-19-22(16(18)3)24(28-14-27-19)30-20-9-6-8-17(25)23(20)26/h6,8-15H,4-5,7H2,1-3H3,(H,29,31)(H,27,28,30)/b13-10+/t15-/m1/s1. The highest BCUT2D eigenvalue weighted by Crippen LogP contribution is 2.32. The second-order valence-corrected chi connectivity index (χ2v) is 7.96. The van der Waals surface area contributed by atoms with Gasteiger partial charge in [-0.05, 0) is 55.2 Å². The largest absolute Gasteiger partial charge is 0.337 e. The Kier molecular flexibility index (Phi) is 7.58. The third kappa shape index (κ3) is 5.58. The number of benzene rings is 2. The number of anilines is 3. The van der Waals surface area contributed by atoms with Gasteiger partial charge in [0.1, 0.15) is 12.1 Å². The maximum absolute atomic E-state index is 14.4. The fourth-order valence-corrected chi connectivity index (χ4v) is 3.50. The molecule has 0 aliphatic rings. The number of carbonyl (C=O) groups is 1. The molecule has 3 rings (SSSR count). The first-order chi connectivity index (χ1) is 14.9. The maximum Gasteiger partial charge on any atom is 0.248 e. The Morgan fingerprint density at radius 3 is 2.81 bits per heavy atom. The van der Waals surface area contributed by atoms with Gasteiger partial charge < -0.3 is 10.6 Å². The monoisotopic (exact) mass is 440 g/mol. The van der Waals surface area contributed by atoms with Gasteiger partial charge in [-0.1, -0.05) is 50.4 Å². The fourth-order valence-electron chi connectivity index (χ4n) is 3.32. The zero-order valence-electron chi connectivity index (χ0n) is 17.9. The van der Waals surface area contributed by atoms with Gasteiger partial charge in [0.15, 0.2) is 5.82 Å². The minimum atomic E-state index is -0.555. The van der Waals surface area contributed by atoms with Gasteiger partial charge in [-0.3, -0.25) is 4.79 Å². The number of aromatic nitrogens is 2. The number of carbonyl (C=O) groups excluding carboxylic acids is 1. The van der Waals surface area contributed by atoms with Crippen molar-refractivity contribution in [1.82, 2.24) is 9.97 Å². The molecule has 31 heavy (non-hydrogen) atoms. The summed E-state index contributed by atoms with van der Waals surface area (Å²) in [6.07, 6.45) is 8.25. The SMILES string of the molecule is CCCC[C@@H](C)/C=C/C(=O)Nc1ccc2ncnc(Nc3cccc(Cl)c3F)c2c1C. The van der Waals surface area contributed by atoms with Crippen molar-refractivity contribution in [1.29, 1.82) is 0 Å². The Bertz CT molecular complexity index is 1120. The van der Waals surface area contributed by atoms with E-state index in [1.165, 1.54) is 12.4 Å². The number of unbranched alkanes of at least 4 members (excludes halogenated alkanes) is 1. The molecule has 0 aliphatic carbocycles. The summed E-state index contributed by atoms with van der Waals surface area (Å²) in [5, 5.41) is 6.64. The molecule has 1 atom stereocenters. The summed E-state index contributed by atoms with van der Waals surface area (Å²) in [5.41, 5.74) is 2.32. The predicted molar refractivity (Wildman–Crippen MR) is 125 cm³/mol. The zero-order valence-corrected chi connectivity index (χ0v) is 18.6. The average molecular weight is 441 g/mol. The van der Waals surface area contributed by atoms with Crippen molar-refractivity contribution < 1.29 is 9.18 Å². The van der Waals surface area contributed by atoms with Crippen LogP contribution in [0.15, 0.2) is 48.8 Å². The first kappa shape index (κ1) is 22.7. The van der Waals surface area contributed by atoms with E-state index in [1.807, 2.05) is 13.0 Å².